The fourth-order valence-corrected chi connectivity index (χ4v) is 9.61. The van der Waals surface area contributed by atoms with Crippen molar-refractivity contribution in [2.75, 3.05) is 26.2 Å². The highest BCUT2D eigenvalue weighted by Gasteiger charge is 2.60. The van der Waals surface area contributed by atoms with Crippen LogP contribution in [0.1, 0.15) is 56.0 Å². The third-order valence-electron chi connectivity index (χ3n) is 8.84. The fourth-order valence-electron chi connectivity index (χ4n) is 6.92. The first-order valence-corrected chi connectivity index (χ1v) is 16.5. The number of halogens is 3. The third kappa shape index (κ3) is 5.72. The van der Waals surface area contributed by atoms with E-state index in [2.05, 4.69) is 21.8 Å². The number of hydrogen-bond donors (Lipinski definition) is 1. The monoisotopic (exact) mass is 624 g/mol. The largest absolute Gasteiger partial charge is 0.444 e. The predicted octanol–water partition coefficient (Wildman–Crippen LogP) is 5.41. The van der Waals surface area contributed by atoms with Crippen LogP contribution in [0.4, 0.5) is 18.0 Å². The van der Waals surface area contributed by atoms with E-state index < -0.39 is 34.1 Å². The van der Waals surface area contributed by atoms with Crippen LogP contribution in [-0.4, -0.2) is 72.2 Å². The molecule has 6 rings (SSSR count). The lowest BCUT2D eigenvalue weighted by Gasteiger charge is -2.33. The number of nitrogens with zero attached hydrogens (tertiary/aromatic N) is 3. The maximum atomic E-state index is 13.2. The van der Waals surface area contributed by atoms with Crippen LogP contribution in [0.15, 0.2) is 30.5 Å². The summed E-state index contributed by atoms with van der Waals surface area (Å²) in [7, 11) is -4.21. The normalized spacial score (nSPS) is 27.6. The van der Waals surface area contributed by atoms with Gasteiger partial charge in [0.2, 0.25) is 0 Å². The fraction of sp³-hybridized carbons (Fsp3) is 0.586. The van der Waals surface area contributed by atoms with E-state index in [1.165, 1.54) is 0 Å². The van der Waals surface area contributed by atoms with Gasteiger partial charge in [-0.1, -0.05) is 18.2 Å². The van der Waals surface area contributed by atoms with Crippen molar-refractivity contribution in [2.45, 2.75) is 70.2 Å². The molecule has 2 aliphatic heterocycles. The minimum absolute atomic E-state index is 0.0624. The second-order valence-corrected chi connectivity index (χ2v) is 15.5. The molecule has 1 saturated carbocycles. The van der Waals surface area contributed by atoms with Gasteiger partial charge in [-0.3, -0.25) is 0 Å². The van der Waals surface area contributed by atoms with Crippen molar-refractivity contribution in [3.63, 3.8) is 0 Å². The summed E-state index contributed by atoms with van der Waals surface area (Å²) < 4.78 is 73.8. The van der Waals surface area contributed by atoms with Crippen molar-refractivity contribution in [3.8, 4) is 10.6 Å². The zero-order chi connectivity index (χ0) is 30.1. The highest BCUT2D eigenvalue weighted by molar-refractivity contribution is 7.87. The Bertz CT molecular complexity index is 1530. The number of thiazole rings is 1. The summed E-state index contributed by atoms with van der Waals surface area (Å²) in [5.41, 5.74) is 2.90. The van der Waals surface area contributed by atoms with Crippen LogP contribution < -0.4 is 4.72 Å². The molecule has 1 unspecified atom stereocenters. The van der Waals surface area contributed by atoms with Gasteiger partial charge < -0.3 is 9.64 Å². The molecular weight excluding hydrogens is 589 g/mol. The molecule has 4 aliphatic rings. The van der Waals surface area contributed by atoms with Gasteiger partial charge in [-0.25, -0.2) is 9.78 Å². The van der Waals surface area contributed by atoms with Gasteiger partial charge in [0.1, 0.15) is 17.2 Å². The van der Waals surface area contributed by atoms with Gasteiger partial charge in [-0.15, -0.1) is 11.3 Å². The number of carbonyl (C=O) groups is 1. The molecule has 2 aliphatic carbocycles. The van der Waals surface area contributed by atoms with Crippen LogP contribution in [0.5, 0.6) is 0 Å². The average Bonchev–Trinajstić information content (AvgIpc) is 3.52. The molecule has 1 N–H and O–H groups in total. The maximum absolute atomic E-state index is 13.2. The Balaban J connectivity index is 1.19. The third-order valence-corrected chi connectivity index (χ3v) is 11.5. The molecule has 0 radical (unpaired) electrons. The number of hydrogen-bond acceptors (Lipinski definition) is 6. The lowest BCUT2D eigenvalue weighted by molar-refractivity contribution is -0.136. The van der Waals surface area contributed by atoms with Crippen LogP contribution in [-0.2, 0) is 27.8 Å². The zero-order valence-corrected chi connectivity index (χ0v) is 25.5. The van der Waals surface area contributed by atoms with Crippen molar-refractivity contribution in [2.24, 2.45) is 11.8 Å². The van der Waals surface area contributed by atoms with Crippen molar-refractivity contribution in [3.05, 3.63) is 46.5 Å². The highest BCUT2D eigenvalue weighted by atomic mass is 32.2. The molecule has 2 aromatic rings. The van der Waals surface area contributed by atoms with E-state index in [-0.39, 0.29) is 24.5 Å². The molecule has 1 amide bonds. The van der Waals surface area contributed by atoms with Crippen LogP contribution >= 0.6 is 11.3 Å². The van der Waals surface area contributed by atoms with Crippen molar-refractivity contribution in [1.29, 1.82) is 0 Å². The van der Waals surface area contributed by atoms with E-state index in [1.807, 2.05) is 39.1 Å². The average molecular weight is 625 g/mol. The number of carbonyl (C=O) groups excluding carboxylic acids is 1. The van der Waals surface area contributed by atoms with Gasteiger partial charge in [0.15, 0.2) is 0 Å². The van der Waals surface area contributed by atoms with E-state index >= 15 is 0 Å². The number of benzene rings is 1. The molecule has 13 heteroatoms. The molecule has 42 heavy (non-hydrogen) atoms. The first-order valence-electron chi connectivity index (χ1n) is 14.2. The molecule has 8 nitrogen and oxygen atoms in total. The second-order valence-electron chi connectivity index (χ2n) is 12.8. The van der Waals surface area contributed by atoms with Crippen LogP contribution in [0, 0.1) is 11.8 Å². The van der Waals surface area contributed by atoms with Crippen molar-refractivity contribution < 1.29 is 31.1 Å². The Morgan fingerprint density at radius 2 is 1.88 bits per heavy atom. The topological polar surface area (TPSA) is 91.8 Å². The Morgan fingerprint density at radius 1 is 1.17 bits per heavy atom. The van der Waals surface area contributed by atoms with Crippen LogP contribution in [0.25, 0.3) is 16.1 Å². The van der Waals surface area contributed by atoms with Crippen LogP contribution in [0.2, 0.25) is 0 Å². The number of amides is 1. The van der Waals surface area contributed by atoms with Gasteiger partial charge in [0.25, 0.3) is 10.2 Å². The van der Waals surface area contributed by atoms with Gasteiger partial charge >= 0.3 is 12.3 Å². The lowest BCUT2D eigenvalue weighted by Crippen LogP contribution is -2.52. The van der Waals surface area contributed by atoms with Gasteiger partial charge in [0, 0.05) is 31.4 Å². The quantitative estimate of drug-likeness (QED) is 0.493. The Kier molecular flexibility index (Phi) is 7.26. The SMILES string of the molecule is CC(C)(C)OC(=O)N1CC=C(c2cnc(-c3ccc4c(c3)CC3CC[C@@H](C4)[C@]34CN(CC(F)(F)F)S(=O)(=O)N4)s2)CC1. The van der Waals surface area contributed by atoms with Gasteiger partial charge in [0.05, 0.1) is 10.4 Å². The first kappa shape index (κ1) is 29.6. The number of ether oxygens (including phenoxy) is 1. The van der Waals surface area contributed by atoms with E-state index in [0.29, 0.717) is 36.7 Å². The van der Waals surface area contributed by atoms with E-state index in [4.69, 9.17) is 4.74 Å². The molecule has 3 heterocycles. The summed E-state index contributed by atoms with van der Waals surface area (Å²) in [5, 5.41) is 0.866. The van der Waals surface area contributed by atoms with Crippen LogP contribution in [0.3, 0.4) is 0 Å². The molecule has 1 aromatic heterocycles. The molecular formula is C29H35F3N4O4S2. The molecule has 1 saturated heterocycles. The number of aromatic nitrogens is 1. The molecule has 2 bridgehead atoms. The minimum Gasteiger partial charge on any atom is -0.444 e. The second kappa shape index (κ2) is 10.3. The van der Waals surface area contributed by atoms with Crippen molar-refractivity contribution in [1.82, 2.24) is 18.9 Å². The summed E-state index contributed by atoms with van der Waals surface area (Å²) in [6.45, 7) is 4.97. The summed E-state index contributed by atoms with van der Waals surface area (Å²) >= 11 is 1.59. The smallest absolute Gasteiger partial charge is 0.410 e. The summed E-state index contributed by atoms with van der Waals surface area (Å²) in [6.07, 6.45) is 2.48. The zero-order valence-electron chi connectivity index (χ0n) is 23.8. The number of fused-ring (bicyclic) bond motifs is 1. The molecule has 1 spiro atoms. The Hall–Kier alpha value is -2.48. The lowest BCUT2D eigenvalue weighted by atomic mass is 9.79. The molecule has 228 valence electrons. The predicted molar refractivity (Wildman–Crippen MR) is 154 cm³/mol. The Labute approximate surface area is 248 Å². The standard InChI is InChI=1S/C29H35F3N4O4S2/c1-27(2,3)40-26(37)35-10-8-18(9-11-35)24-15-33-25(41-24)20-5-4-19-13-22-6-7-23(14-21(19)12-20)28(22)16-36(17-29(30,31)32)42(38,39)34-28/h4-5,8,12,15,22-23,34H,6-7,9-11,13-14,16-17H2,1-3H3/t22-,23?,28+/m0/s1. The number of alkyl halides is 3. The van der Waals surface area contributed by atoms with E-state index in [9.17, 15) is 26.4 Å². The summed E-state index contributed by atoms with van der Waals surface area (Å²) in [5.74, 6) is -0.147. The molecule has 1 aromatic carbocycles. The summed E-state index contributed by atoms with van der Waals surface area (Å²) in [6, 6.07) is 6.21. The maximum Gasteiger partial charge on any atom is 0.410 e. The summed E-state index contributed by atoms with van der Waals surface area (Å²) in [4.78, 5) is 19.8. The molecule has 3 atom stereocenters. The van der Waals surface area contributed by atoms with E-state index in [1.54, 1.807) is 16.2 Å². The number of rotatable bonds is 3. The first-order chi connectivity index (χ1) is 19.6. The van der Waals surface area contributed by atoms with Crippen molar-refractivity contribution >= 4 is 33.2 Å². The van der Waals surface area contributed by atoms with E-state index in [0.717, 1.165) is 45.0 Å². The molecule has 2 fully saturated rings. The Morgan fingerprint density at radius 3 is 2.52 bits per heavy atom. The highest BCUT2D eigenvalue weighted by Crippen LogP contribution is 2.51. The van der Waals surface area contributed by atoms with Gasteiger partial charge in [-0.05, 0) is 87.5 Å². The van der Waals surface area contributed by atoms with Gasteiger partial charge in [-0.2, -0.15) is 30.6 Å². The number of nitrogens with one attached hydrogen (secondary N) is 1. The minimum atomic E-state index is -4.60.